The van der Waals surface area contributed by atoms with Gasteiger partial charge in [0.1, 0.15) is 5.75 Å². The first-order chi connectivity index (χ1) is 8.54. The van der Waals surface area contributed by atoms with Crippen molar-refractivity contribution in [3.05, 3.63) is 17.7 Å². The monoisotopic (exact) mass is 255 g/mol. The van der Waals surface area contributed by atoms with Crippen LogP contribution in [0.5, 0.6) is 17.2 Å². The number of hydrogen-bond donors (Lipinski definition) is 2. The summed E-state index contributed by atoms with van der Waals surface area (Å²) in [4.78, 5) is 10.7. The number of carboxylic acids is 1. The van der Waals surface area contributed by atoms with Crippen molar-refractivity contribution < 1.29 is 24.1 Å². The fraction of sp³-hybridized carbons (Fsp3) is 0.417. The predicted octanol–water partition coefficient (Wildman–Crippen LogP) is 1.19. The summed E-state index contributed by atoms with van der Waals surface area (Å²) >= 11 is 0. The maximum Gasteiger partial charge on any atom is 0.305 e. The van der Waals surface area contributed by atoms with Crippen LogP contribution < -0.4 is 19.9 Å². The summed E-state index contributed by atoms with van der Waals surface area (Å²) in [5.41, 5.74) is 6.36. The van der Waals surface area contributed by atoms with Gasteiger partial charge in [-0.15, -0.1) is 0 Å². The Morgan fingerprint density at radius 1 is 1.22 bits per heavy atom. The van der Waals surface area contributed by atoms with E-state index in [1.807, 2.05) is 0 Å². The van der Waals surface area contributed by atoms with E-state index in [-0.39, 0.29) is 6.42 Å². The zero-order valence-corrected chi connectivity index (χ0v) is 10.6. The van der Waals surface area contributed by atoms with E-state index in [0.29, 0.717) is 22.8 Å². The molecule has 6 heteroatoms. The van der Waals surface area contributed by atoms with Crippen LogP contribution in [0.4, 0.5) is 0 Å². The molecule has 0 bridgehead atoms. The molecule has 1 atom stereocenters. The van der Waals surface area contributed by atoms with Crippen LogP contribution >= 0.6 is 0 Å². The average Bonchev–Trinajstić information content (AvgIpc) is 2.35. The molecule has 3 N–H and O–H groups in total. The lowest BCUT2D eigenvalue weighted by atomic mass is 10.0. The summed E-state index contributed by atoms with van der Waals surface area (Å²) in [7, 11) is 4.45. The number of hydrogen-bond acceptors (Lipinski definition) is 5. The molecule has 18 heavy (non-hydrogen) atoms. The topological polar surface area (TPSA) is 91.0 Å². The number of carbonyl (C=O) groups is 1. The van der Waals surface area contributed by atoms with Gasteiger partial charge in [0, 0.05) is 6.04 Å². The van der Waals surface area contributed by atoms with Crippen molar-refractivity contribution in [2.24, 2.45) is 5.73 Å². The maximum atomic E-state index is 10.7. The normalized spacial score (nSPS) is 11.8. The van der Waals surface area contributed by atoms with Crippen LogP contribution in [-0.4, -0.2) is 32.4 Å². The highest BCUT2D eigenvalue weighted by Gasteiger charge is 2.23. The number of rotatable bonds is 6. The number of aliphatic carboxylic acids is 1. The minimum atomic E-state index is -0.991. The van der Waals surface area contributed by atoms with Gasteiger partial charge in [0.2, 0.25) is 0 Å². The number of carboxylic acid groups (broad SMARTS) is 1. The van der Waals surface area contributed by atoms with E-state index in [4.69, 9.17) is 25.1 Å². The highest BCUT2D eigenvalue weighted by molar-refractivity contribution is 5.69. The lowest BCUT2D eigenvalue weighted by Crippen LogP contribution is -2.17. The molecule has 0 fully saturated rings. The highest BCUT2D eigenvalue weighted by Crippen LogP contribution is 2.41. The van der Waals surface area contributed by atoms with Gasteiger partial charge in [-0.05, 0) is 12.1 Å². The van der Waals surface area contributed by atoms with Gasteiger partial charge in [-0.2, -0.15) is 0 Å². The van der Waals surface area contributed by atoms with Crippen molar-refractivity contribution in [3.8, 4) is 17.2 Å². The molecule has 0 aliphatic heterocycles. The van der Waals surface area contributed by atoms with Gasteiger partial charge in [0.05, 0.1) is 33.3 Å². The molecule has 6 nitrogen and oxygen atoms in total. The summed E-state index contributed by atoms with van der Waals surface area (Å²) in [6.45, 7) is 0. The van der Waals surface area contributed by atoms with Crippen molar-refractivity contribution in [1.29, 1.82) is 0 Å². The maximum absolute atomic E-state index is 10.7. The molecule has 0 saturated heterocycles. The van der Waals surface area contributed by atoms with Crippen LogP contribution in [0.25, 0.3) is 0 Å². The molecule has 0 aliphatic rings. The van der Waals surface area contributed by atoms with E-state index in [1.165, 1.54) is 21.3 Å². The van der Waals surface area contributed by atoms with Crippen LogP contribution in [0.1, 0.15) is 18.0 Å². The summed E-state index contributed by atoms with van der Waals surface area (Å²) < 4.78 is 15.6. The van der Waals surface area contributed by atoms with Gasteiger partial charge in [-0.3, -0.25) is 4.79 Å². The van der Waals surface area contributed by atoms with Gasteiger partial charge in [0.15, 0.2) is 11.5 Å². The Bertz CT molecular complexity index is 433. The number of nitrogens with two attached hydrogens (primary N) is 1. The molecular weight excluding hydrogens is 238 g/mol. The SMILES string of the molecule is COc1ccc(OC)c(C(N)CC(=O)O)c1OC. The van der Waals surface area contributed by atoms with E-state index < -0.39 is 12.0 Å². The molecule has 0 aromatic heterocycles. The van der Waals surface area contributed by atoms with E-state index >= 15 is 0 Å². The first-order valence-electron chi connectivity index (χ1n) is 5.31. The molecule has 0 radical (unpaired) electrons. The summed E-state index contributed by atoms with van der Waals surface area (Å²) in [5, 5.41) is 8.81. The second-order valence-corrected chi connectivity index (χ2v) is 3.62. The molecule has 0 amide bonds. The Labute approximate surface area is 105 Å². The van der Waals surface area contributed by atoms with Crippen LogP contribution in [-0.2, 0) is 4.79 Å². The molecule has 0 aliphatic carbocycles. The van der Waals surface area contributed by atoms with Gasteiger partial charge in [0.25, 0.3) is 0 Å². The van der Waals surface area contributed by atoms with E-state index in [1.54, 1.807) is 12.1 Å². The fourth-order valence-corrected chi connectivity index (χ4v) is 1.75. The van der Waals surface area contributed by atoms with Crippen molar-refractivity contribution in [2.45, 2.75) is 12.5 Å². The quantitative estimate of drug-likeness (QED) is 0.793. The van der Waals surface area contributed by atoms with Crippen LogP contribution in [0.3, 0.4) is 0 Å². The molecule has 1 rings (SSSR count). The second kappa shape index (κ2) is 6.11. The first kappa shape index (κ1) is 14.1. The third-order valence-electron chi connectivity index (χ3n) is 2.53. The number of methoxy groups -OCH3 is 3. The second-order valence-electron chi connectivity index (χ2n) is 3.62. The van der Waals surface area contributed by atoms with Crippen molar-refractivity contribution in [2.75, 3.05) is 21.3 Å². The van der Waals surface area contributed by atoms with Gasteiger partial charge in [-0.1, -0.05) is 0 Å². The van der Waals surface area contributed by atoms with E-state index in [2.05, 4.69) is 0 Å². The molecule has 0 heterocycles. The molecule has 0 spiro atoms. The lowest BCUT2D eigenvalue weighted by Gasteiger charge is -2.19. The smallest absolute Gasteiger partial charge is 0.305 e. The Morgan fingerprint density at radius 2 is 1.78 bits per heavy atom. The Balaban J connectivity index is 3.31. The van der Waals surface area contributed by atoms with Gasteiger partial charge < -0.3 is 25.1 Å². The molecule has 1 unspecified atom stereocenters. The zero-order chi connectivity index (χ0) is 13.7. The highest BCUT2D eigenvalue weighted by atomic mass is 16.5. The summed E-state index contributed by atoms with van der Waals surface area (Å²) in [6, 6.07) is 2.61. The largest absolute Gasteiger partial charge is 0.496 e. The Hall–Kier alpha value is -1.95. The van der Waals surface area contributed by atoms with E-state index in [9.17, 15) is 4.79 Å². The standard InChI is InChI=1S/C12H17NO5/c1-16-8-4-5-9(17-2)12(18-3)11(8)7(13)6-10(14)15/h4-5,7H,6,13H2,1-3H3,(H,14,15). The molecule has 0 saturated carbocycles. The van der Waals surface area contributed by atoms with Gasteiger partial charge >= 0.3 is 5.97 Å². The molecule has 100 valence electrons. The minimum absolute atomic E-state index is 0.222. The third kappa shape index (κ3) is 2.84. The first-order valence-corrected chi connectivity index (χ1v) is 5.31. The van der Waals surface area contributed by atoms with Crippen molar-refractivity contribution in [1.82, 2.24) is 0 Å². The van der Waals surface area contributed by atoms with Crippen molar-refractivity contribution in [3.63, 3.8) is 0 Å². The van der Waals surface area contributed by atoms with Crippen LogP contribution in [0, 0.1) is 0 Å². The van der Waals surface area contributed by atoms with Crippen LogP contribution in [0.2, 0.25) is 0 Å². The zero-order valence-electron chi connectivity index (χ0n) is 10.6. The number of benzene rings is 1. The third-order valence-corrected chi connectivity index (χ3v) is 2.53. The predicted molar refractivity (Wildman–Crippen MR) is 65.3 cm³/mol. The Kier molecular flexibility index (Phi) is 4.79. The van der Waals surface area contributed by atoms with Gasteiger partial charge in [-0.25, -0.2) is 0 Å². The average molecular weight is 255 g/mol. The summed E-state index contributed by atoms with van der Waals surface area (Å²) in [5.74, 6) is 0.357. The molecule has 1 aromatic rings. The van der Waals surface area contributed by atoms with E-state index in [0.717, 1.165) is 0 Å². The lowest BCUT2D eigenvalue weighted by molar-refractivity contribution is -0.137. The van der Waals surface area contributed by atoms with Crippen LogP contribution in [0.15, 0.2) is 12.1 Å². The fourth-order valence-electron chi connectivity index (χ4n) is 1.75. The van der Waals surface area contributed by atoms with Crippen molar-refractivity contribution >= 4 is 5.97 Å². The minimum Gasteiger partial charge on any atom is -0.496 e. The molecule has 1 aromatic carbocycles. The molecular formula is C12H17NO5. The number of ether oxygens (including phenoxy) is 3. The Morgan fingerprint density at radius 3 is 2.22 bits per heavy atom. The summed E-state index contributed by atoms with van der Waals surface area (Å²) in [6.07, 6.45) is -0.222.